The number of benzene rings is 5. The van der Waals surface area contributed by atoms with E-state index in [-0.39, 0.29) is 36.1 Å². The van der Waals surface area contributed by atoms with E-state index in [4.69, 9.17) is 19.6 Å². The number of carbonyl (C=O) groups is 1. The molecule has 0 bridgehead atoms. The highest BCUT2D eigenvalue weighted by molar-refractivity contribution is 7.91. The largest absolute Gasteiger partial charge is 0.494 e. The highest BCUT2D eigenvalue weighted by Crippen LogP contribution is 2.43. The standard InChI is InChI=1S/C41H40N2O6S/c1-30-10-8-11-31(28-30)29-42-40(45)41(24-27-50(46,47)37-14-6-3-7-15-37)38(34-18-16-33(17-19-34)32-12-4-2-5-13-32)49-39(43-41)35-20-22-36(23-21-35)48-26-9-25-44/h2-8,10-23,28,38,44H,9,24-27,29H2,1H3,(H,42,45)/t38-,41-/m1/s1. The van der Waals surface area contributed by atoms with Gasteiger partial charge in [0.25, 0.3) is 5.91 Å². The summed E-state index contributed by atoms with van der Waals surface area (Å²) < 4.78 is 39.7. The van der Waals surface area contributed by atoms with Gasteiger partial charge in [-0.3, -0.25) is 4.79 Å². The van der Waals surface area contributed by atoms with E-state index in [1.807, 2.05) is 85.8 Å². The van der Waals surface area contributed by atoms with Crippen LogP contribution >= 0.6 is 0 Å². The van der Waals surface area contributed by atoms with E-state index >= 15 is 0 Å². The normalized spacial score (nSPS) is 17.1. The number of aliphatic imine (C=N–C) groups is 1. The molecule has 1 amide bonds. The fourth-order valence-corrected chi connectivity index (χ4v) is 7.43. The van der Waals surface area contributed by atoms with Crippen LogP contribution in [-0.4, -0.2) is 49.8 Å². The van der Waals surface area contributed by atoms with Crippen LogP contribution in [-0.2, 0) is 25.9 Å². The van der Waals surface area contributed by atoms with E-state index in [2.05, 4.69) is 5.32 Å². The third kappa shape index (κ3) is 7.96. The van der Waals surface area contributed by atoms with Crippen LogP contribution in [0.5, 0.6) is 5.75 Å². The van der Waals surface area contributed by atoms with E-state index in [1.54, 1.807) is 54.6 Å². The quantitative estimate of drug-likeness (QED) is 0.123. The van der Waals surface area contributed by atoms with Gasteiger partial charge in [-0.1, -0.05) is 103 Å². The molecule has 50 heavy (non-hydrogen) atoms. The van der Waals surface area contributed by atoms with Crippen molar-refractivity contribution in [2.24, 2.45) is 4.99 Å². The Morgan fingerprint density at radius 2 is 1.50 bits per heavy atom. The van der Waals surface area contributed by atoms with Crippen molar-refractivity contribution < 1.29 is 27.8 Å². The molecular weight excluding hydrogens is 649 g/mol. The molecule has 0 unspecified atom stereocenters. The Hall–Kier alpha value is -5.25. The van der Waals surface area contributed by atoms with E-state index in [9.17, 15) is 13.2 Å². The second-order valence-electron chi connectivity index (χ2n) is 12.3. The highest BCUT2D eigenvalue weighted by Gasteiger charge is 2.53. The fourth-order valence-electron chi connectivity index (χ4n) is 6.04. The molecule has 5 aromatic rings. The lowest BCUT2D eigenvalue weighted by Gasteiger charge is -2.31. The van der Waals surface area contributed by atoms with Gasteiger partial charge in [-0.25, -0.2) is 13.4 Å². The number of nitrogens with zero attached hydrogens (tertiary/aromatic N) is 1. The Bertz CT molecular complexity index is 2030. The smallest absolute Gasteiger partial charge is 0.252 e. The van der Waals surface area contributed by atoms with Gasteiger partial charge in [-0.05, 0) is 65.6 Å². The maximum atomic E-state index is 14.6. The van der Waals surface area contributed by atoms with Gasteiger partial charge in [0.1, 0.15) is 5.75 Å². The molecule has 1 heterocycles. The number of rotatable bonds is 14. The molecule has 0 saturated carbocycles. The molecule has 256 valence electrons. The van der Waals surface area contributed by atoms with Crippen LogP contribution in [0.1, 0.15) is 41.2 Å². The molecule has 0 spiro atoms. The zero-order valence-corrected chi connectivity index (χ0v) is 28.7. The van der Waals surface area contributed by atoms with Gasteiger partial charge in [0.05, 0.1) is 17.3 Å². The first-order chi connectivity index (χ1) is 24.3. The van der Waals surface area contributed by atoms with Crippen LogP contribution in [0.2, 0.25) is 0 Å². The van der Waals surface area contributed by atoms with Crippen molar-refractivity contribution in [1.29, 1.82) is 0 Å². The number of aliphatic hydroxyl groups is 1. The van der Waals surface area contributed by atoms with Crippen molar-refractivity contribution in [2.75, 3.05) is 19.0 Å². The summed E-state index contributed by atoms with van der Waals surface area (Å²) in [5.74, 6) is 0.0841. The fraction of sp³-hybridized carbons (Fsp3) is 0.220. The second-order valence-corrected chi connectivity index (χ2v) is 14.4. The molecule has 2 atom stereocenters. The van der Waals surface area contributed by atoms with Crippen molar-refractivity contribution in [2.45, 2.75) is 42.8 Å². The topological polar surface area (TPSA) is 114 Å². The lowest BCUT2D eigenvalue weighted by atomic mass is 9.84. The van der Waals surface area contributed by atoms with Gasteiger partial charge in [0, 0.05) is 31.6 Å². The summed E-state index contributed by atoms with van der Waals surface area (Å²) >= 11 is 0. The van der Waals surface area contributed by atoms with E-state index in [1.165, 1.54) is 0 Å². The minimum Gasteiger partial charge on any atom is -0.494 e. The molecular formula is C41H40N2O6S. The Labute approximate surface area is 293 Å². The summed E-state index contributed by atoms with van der Waals surface area (Å²) in [6, 6.07) is 41.0. The Kier molecular flexibility index (Phi) is 10.7. The minimum absolute atomic E-state index is 0.0322. The predicted octanol–water partition coefficient (Wildman–Crippen LogP) is 6.86. The second kappa shape index (κ2) is 15.5. The monoisotopic (exact) mass is 688 g/mol. The summed E-state index contributed by atoms with van der Waals surface area (Å²) in [7, 11) is -3.78. The van der Waals surface area contributed by atoms with Gasteiger partial charge in [0.2, 0.25) is 5.90 Å². The zero-order chi connectivity index (χ0) is 35.0. The number of nitrogens with one attached hydrogen (secondary N) is 1. The highest BCUT2D eigenvalue weighted by atomic mass is 32.2. The van der Waals surface area contributed by atoms with Gasteiger partial charge in [-0.2, -0.15) is 0 Å². The Morgan fingerprint density at radius 3 is 2.18 bits per heavy atom. The number of aliphatic hydroxyl groups excluding tert-OH is 1. The molecule has 0 saturated heterocycles. The van der Waals surface area contributed by atoms with Gasteiger partial charge in [-0.15, -0.1) is 0 Å². The van der Waals surface area contributed by atoms with Crippen LogP contribution in [0.4, 0.5) is 0 Å². The van der Waals surface area contributed by atoms with E-state index in [0.29, 0.717) is 29.9 Å². The molecule has 6 rings (SSSR count). The first-order valence-corrected chi connectivity index (χ1v) is 18.3. The SMILES string of the molecule is Cc1cccc(CNC(=O)[C@]2(CCS(=O)(=O)c3ccccc3)N=C(c3ccc(OCCCO)cc3)O[C@@H]2c2ccc(-c3ccccc3)cc2)c1. The summed E-state index contributed by atoms with van der Waals surface area (Å²) in [6.45, 7) is 2.62. The third-order valence-electron chi connectivity index (χ3n) is 8.74. The van der Waals surface area contributed by atoms with Crippen LogP contribution in [0.25, 0.3) is 11.1 Å². The summed E-state index contributed by atoms with van der Waals surface area (Å²) in [5, 5.41) is 12.2. The van der Waals surface area contributed by atoms with Crippen LogP contribution in [0.3, 0.4) is 0 Å². The molecule has 2 N–H and O–H groups in total. The molecule has 5 aromatic carbocycles. The molecule has 0 aromatic heterocycles. The maximum Gasteiger partial charge on any atom is 0.252 e. The maximum absolute atomic E-state index is 14.6. The molecule has 1 aliphatic heterocycles. The lowest BCUT2D eigenvalue weighted by molar-refractivity contribution is -0.129. The third-order valence-corrected chi connectivity index (χ3v) is 10.5. The summed E-state index contributed by atoms with van der Waals surface area (Å²) in [5.41, 5.74) is 3.69. The van der Waals surface area contributed by atoms with Crippen LogP contribution < -0.4 is 10.1 Å². The Morgan fingerprint density at radius 1 is 0.840 bits per heavy atom. The molecule has 0 fully saturated rings. The molecule has 8 nitrogen and oxygen atoms in total. The van der Waals surface area contributed by atoms with Gasteiger partial charge < -0.3 is 19.9 Å². The average molecular weight is 689 g/mol. The van der Waals surface area contributed by atoms with E-state index < -0.39 is 27.4 Å². The zero-order valence-electron chi connectivity index (χ0n) is 27.9. The predicted molar refractivity (Wildman–Crippen MR) is 195 cm³/mol. The van der Waals surface area contributed by atoms with Crippen molar-refractivity contribution in [3.8, 4) is 16.9 Å². The number of carbonyl (C=O) groups excluding carboxylic acids is 1. The first-order valence-electron chi connectivity index (χ1n) is 16.6. The number of ether oxygens (including phenoxy) is 2. The van der Waals surface area contributed by atoms with Crippen molar-refractivity contribution in [3.05, 3.63) is 156 Å². The van der Waals surface area contributed by atoms with Gasteiger partial charge >= 0.3 is 0 Å². The number of hydrogen-bond donors (Lipinski definition) is 2. The molecule has 9 heteroatoms. The van der Waals surface area contributed by atoms with Crippen LogP contribution in [0, 0.1) is 6.92 Å². The average Bonchev–Trinajstić information content (AvgIpc) is 3.55. The van der Waals surface area contributed by atoms with Crippen molar-refractivity contribution >= 4 is 21.6 Å². The van der Waals surface area contributed by atoms with E-state index in [0.717, 1.165) is 22.3 Å². The number of sulfone groups is 1. The molecule has 1 aliphatic rings. The number of hydrogen-bond acceptors (Lipinski definition) is 7. The number of amides is 1. The van der Waals surface area contributed by atoms with Gasteiger partial charge in [0.15, 0.2) is 21.5 Å². The van der Waals surface area contributed by atoms with Crippen LogP contribution in [0.15, 0.2) is 143 Å². The summed E-state index contributed by atoms with van der Waals surface area (Å²) in [6.07, 6.45) is -0.541. The van der Waals surface area contributed by atoms with Crippen molar-refractivity contribution in [3.63, 3.8) is 0 Å². The lowest BCUT2D eigenvalue weighted by Crippen LogP contribution is -2.49. The number of aryl methyl sites for hydroxylation is 1. The van der Waals surface area contributed by atoms with Crippen molar-refractivity contribution in [1.82, 2.24) is 5.32 Å². The first kappa shape index (κ1) is 34.6. The Balaban J connectivity index is 1.40. The molecule has 0 radical (unpaired) electrons. The summed E-state index contributed by atoms with van der Waals surface area (Å²) in [4.78, 5) is 19.8. The molecule has 0 aliphatic carbocycles. The minimum atomic E-state index is -3.78.